The van der Waals surface area contributed by atoms with Crippen molar-refractivity contribution in [1.82, 2.24) is 4.90 Å². The Bertz CT molecular complexity index is 801. The Labute approximate surface area is 166 Å². The summed E-state index contributed by atoms with van der Waals surface area (Å²) < 4.78 is 0. The minimum atomic E-state index is -0.179. The standard InChI is InChI=1S/C23H27N3O2/c27-22-17-21(23(28)26(22)12-11-19-7-3-1-4-8-19)25-15-13-24(14-16-25)18-20-9-5-2-6-10-20/h1-10,21H,11-18H2/p+2/t21-/m1/s1. The van der Waals surface area contributed by atoms with Crippen molar-refractivity contribution < 1.29 is 19.4 Å². The van der Waals surface area contributed by atoms with Crippen LogP contribution in [0.5, 0.6) is 0 Å². The molecule has 4 rings (SSSR count). The van der Waals surface area contributed by atoms with Gasteiger partial charge < -0.3 is 9.80 Å². The Morgan fingerprint density at radius 2 is 1.43 bits per heavy atom. The first kappa shape index (κ1) is 18.8. The SMILES string of the molecule is O=C1C[C@@H]([NH+]2CC[NH+](Cc3ccccc3)CC2)C(=O)N1CCc1ccccc1. The highest BCUT2D eigenvalue weighted by Crippen LogP contribution is 2.12. The van der Waals surface area contributed by atoms with Crippen LogP contribution in [0.15, 0.2) is 60.7 Å². The number of amides is 2. The molecule has 1 atom stereocenters. The first-order valence-electron chi connectivity index (χ1n) is 10.3. The van der Waals surface area contributed by atoms with Gasteiger partial charge in [-0.15, -0.1) is 0 Å². The molecule has 5 heteroatoms. The number of rotatable bonds is 6. The van der Waals surface area contributed by atoms with Crippen molar-refractivity contribution >= 4 is 11.8 Å². The van der Waals surface area contributed by atoms with Crippen LogP contribution < -0.4 is 9.80 Å². The lowest BCUT2D eigenvalue weighted by atomic mass is 10.1. The van der Waals surface area contributed by atoms with Crippen molar-refractivity contribution in [2.45, 2.75) is 25.4 Å². The van der Waals surface area contributed by atoms with Gasteiger partial charge in [0.15, 0.2) is 6.04 Å². The highest BCUT2D eigenvalue weighted by Gasteiger charge is 2.45. The largest absolute Gasteiger partial charge is 0.322 e. The van der Waals surface area contributed by atoms with Crippen molar-refractivity contribution in [3.8, 4) is 0 Å². The fourth-order valence-electron chi connectivity index (χ4n) is 4.46. The number of quaternary nitrogens is 2. The van der Waals surface area contributed by atoms with E-state index >= 15 is 0 Å². The fourth-order valence-corrected chi connectivity index (χ4v) is 4.46. The van der Waals surface area contributed by atoms with E-state index in [-0.39, 0.29) is 17.9 Å². The minimum Gasteiger partial charge on any atom is -0.322 e. The van der Waals surface area contributed by atoms with Gasteiger partial charge in [0.25, 0.3) is 5.91 Å². The molecule has 2 saturated heterocycles. The second kappa shape index (κ2) is 8.67. The molecule has 0 bridgehead atoms. The van der Waals surface area contributed by atoms with E-state index in [9.17, 15) is 9.59 Å². The molecule has 0 saturated carbocycles. The summed E-state index contributed by atoms with van der Waals surface area (Å²) in [5.74, 6) is 0.0277. The van der Waals surface area contributed by atoms with E-state index in [1.54, 1.807) is 4.90 Å². The Morgan fingerprint density at radius 3 is 2.07 bits per heavy atom. The van der Waals surface area contributed by atoms with Gasteiger partial charge in [0.1, 0.15) is 32.7 Å². The summed E-state index contributed by atoms with van der Waals surface area (Å²) in [6.45, 7) is 5.54. The normalized spacial score (nSPS) is 25.3. The lowest BCUT2D eigenvalue weighted by Gasteiger charge is -2.32. The molecule has 0 aromatic heterocycles. The third-order valence-corrected chi connectivity index (χ3v) is 6.10. The van der Waals surface area contributed by atoms with Crippen LogP contribution >= 0.6 is 0 Å². The maximum atomic E-state index is 12.9. The average molecular weight is 380 g/mol. The predicted octanol–water partition coefficient (Wildman–Crippen LogP) is -0.660. The molecule has 2 aromatic carbocycles. The number of carbonyl (C=O) groups is 2. The lowest BCUT2D eigenvalue weighted by molar-refractivity contribution is -1.02. The topological polar surface area (TPSA) is 46.3 Å². The first-order chi connectivity index (χ1) is 13.7. The molecule has 0 aliphatic carbocycles. The van der Waals surface area contributed by atoms with E-state index in [0.717, 1.165) is 44.7 Å². The van der Waals surface area contributed by atoms with Crippen LogP contribution in [0.2, 0.25) is 0 Å². The van der Waals surface area contributed by atoms with E-state index in [1.165, 1.54) is 15.4 Å². The lowest BCUT2D eigenvalue weighted by Crippen LogP contribution is -3.29. The molecule has 2 aliphatic heterocycles. The monoisotopic (exact) mass is 379 g/mol. The number of carbonyl (C=O) groups excluding carboxylic acids is 2. The molecule has 0 unspecified atom stereocenters. The highest BCUT2D eigenvalue weighted by molar-refractivity contribution is 6.04. The number of hydrogen-bond donors (Lipinski definition) is 2. The van der Waals surface area contributed by atoms with E-state index < -0.39 is 0 Å². The average Bonchev–Trinajstić information content (AvgIpc) is 3.02. The zero-order valence-corrected chi connectivity index (χ0v) is 16.3. The van der Waals surface area contributed by atoms with Crippen LogP contribution in [0.3, 0.4) is 0 Å². The molecule has 2 aromatic rings. The van der Waals surface area contributed by atoms with Gasteiger partial charge in [0.05, 0.1) is 6.42 Å². The molecule has 28 heavy (non-hydrogen) atoms. The van der Waals surface area contributed by atoms with Crippen LogP contribution in [-0.4, -0.2) is 55.5 Å². The summed E-state index contributed by atoms with van der Waals surface area (Å²) in [7, 11) is 0. The summed E-state index contributed by atoms with van der Waals surface area (Å²) in [6.07, 6.45) is 1.10. The van der Waals surface area contributed by atoms with Crippen LogP contribution in [0.1, 0.15) is 17.5 Å². The van der Waals surface area contributed by atoms with Gasteiger partial charge in [0.2, 0.25) is 5.91 Å². The van der Waals surface area contributed by atoms with Crippen LogP contribution in [0.4, 0.5) is 0 Å². The summed E-state index contributed by atoms with van der Waals surface area (Å²) in [5, 5.41) is 0. The van der Waals surface area contributed by atoms with E-state index in [1.807, 2.05) is 36.4 Å². The number of nitrogens with one attached hydrogen (secondary N) is 2. The third-order valence-electron chi connectivity index (χ3n) is 6.10. The Balaban J connectivity index is 1.29. The smallest absolute Gasteiger partial charge is 0.288 e. The number of nitrogens with zero attached hydrogens (tertiary/aromatic N) is 1. The highest BCUT2D eigenvalue weighted by atomic mass is 16.2. The van der Waals surface area contributed by atoms with Gasteiger partial charge in [-0.25, -0.2) is 0 Å². The first-order valence-corrected chi connectivity index (χ1v) is 10.3. The second-order valence-electron chi connectivity index (χ2n) is 7.95. The van der Waals surface area contributed by atoms with Gasteiger partial charge in [-0.05, 0) is 12.0 Å². The van der Waals surface area contributed by atoms with Gasteiger partial charge in [-0.1, -0.05) is 60.7 Å². The fraction of sp³-hybridized carbons (Fsp3) is 0.391. The summed E-state index contributed by atoms with van der Waals surface area (Å²) in [4.78, 5) is 29.7. The molecular formula is C23H29N3O2+2. The number of imide groups is 1. The van der Waals surface area contributed by atoms with Crippen molar-refractivity contribution in [2.75, 3.05) is 32.7 Å². The van der Waals surface area contributed by atoms with Crippen LogP contribution in [-0.2, 0) is 22.6 Å². The molecule has 0 spiro atoms. The number of hydrogen-bond acceptors (Lipinski definition) is 2. The zero-order chi connectivity index (χ0) is 19.3. The molecule has 2 amide bonds. The molecule has 146 valence electrons. The minimum absolute atomic E-state index is 0.00232. The number of likely N-dealkylation sites (tertiary alicyclic amines) is 1. The predicted molar refractivity (Wildman–Crippen MR) is 107 cm³/mol. The quantitative estimate of drug-likeness (QED) is 0.655. The van der Waals surface area contributed by atoms with E-state index in [4.69, 9.17) is 0 Å². The van der Waals surface area contributed by atoms with Crippen molar-refractivity contribution in [2.24, 2.45) is 0 Å². The molecular weight excluding hydrogens is 350 g/mol. The van der Waals surface area contributed by atoms with Gasteiger partial charge in [-0.2, -0.15) is 0 Å². The van der Waals surface area contributed by atoms with Crippen LogP contribution in [0, 0.1) is 0 Å². The zero-order valence-electron chi connectivity index (χ0n) is 16.3. The Hall–Kier alpha value is -2.50. The molecule has 5 nitrogen and oxygen atoms in total. The second-order valence-corrected chi connectivity index (χ2v) is 7.95. The number of benzene rings is 2. The maximum Gasteiger partial charge on any atom is 0.288 e. The summed E-state index contributed by atoms with van der Waals surface area (Å²) in [5.41, 5.74) is 2.53. The Kier molecular flexibility index (Phi) is 5.84. The summed E-state index contributed by atoms with van der Waals surface area (Å²) in [6, 6.07) is 20.5. The molecule has 0 radical (unpaired) electrons. The number of piperazine rings is 1. The van der Waals surface area contributed by atoms with Crippen molar-refractivity contribution in [3.63, 3.8) is 0 Å². The van der Waals surface area contributed by atoms with E-state index in [0.29, 0.717) is 13.0 Å². The van der Waals surface area contributed by atoms with Gasteiger partial charge in [-0.3, -0.25) is 14.5 Å². The third kappa shape index (κ3) is 4.32. The molecule has 2 N–H and O–H groups in total. The van der Waals surface area contributed by atoms with Gasteiger partial charge >= 0.3 is 0 Å². The van der Waals surface area contributed by atoms with Gasteiger partial charge in [0, 0.05) is 12.1 Å². The maximum absolute atomic E-state index is 12.9. The van der Waals surface area contributed by atoms with Crippen molar-refractivity contribution in [1.29, 1.82) is 0 Å². The van der Waals surface area contributed by atoms with Crippen molar-refractivity contribution in [3.05, 3.63) is 71.8 Å². The van der Waals surface area contributed by atoms with Crippen LogP contribution in [0.25, 0.3) is 0 Å². The molecule has 2 fully saturated rings. The molecule has 2 heterocycles. The Morgan fingerprint density at radius 1 is 0.821 bits per heavy atom. The van der Waals surface area contributed by atoms with E-state index in [2.05, 4.69) is 24.3 Å². The molecule has 2 aliphatic rings. The summed E-state index contributed by atoms with van der Waals surface area (Å²) >= 11 is 0.